The molecule has 0 amide bonds. The van der Waals surface area contributed by atoms with Crippen LogP contribution in [0.5, 0.6) is 0 Å². The largest absolute Gasteiger partial charge is 0.372 e. The van der Waals surface area contributed by atoms with Crippen LogP contribution in [0.2, 0.25) is 0 Å². The van der Waals surface area contributed by atoms with Crippen LogP contribution in [0.1, 0.15) is 19.8 Å². The van der Waals surface area contributed by atoms with Crippen molar-refractivity contribution in [1.29, 1.82) is 0 Å². The van der Waals surface area contributed by atoms with Gasteiger partial charge in [0, 0.05) is 31.9 Å². The normalized spacial score (nSPS) is 24.6. The molecule has 14 heavy (non-hydrogen) atoms. The molecular formula is C12H20N2. The molecule has 2 aliphatic rings. The molecule has 2 nitrogen and oxygen atoms in total. The zero-order valence-electron chi connectivity index (χ0n) is 9.29. The van der Waals surface area contributed by atoms with E-state index in [1.165, 1.54) is 44.6 Å². The van der Waals surface area contributed by atoms with Crippen LogP contribution in [0.3, 0.4) is 0 Å². The van der Waals surface area contributed by atoms with E-state index in [2.05, 4.69) is 35.9 Å². The third-order valence-corrected chi connectivity index (χ3v) is 3.25. The molecule has 2 rings (SSSR count). The Balaban J connectivity index is 1.96. The molecule has 1 aliphatic heterocycles. The summed E-state index contributed by atoms with van der Waals surface area (Å²) in [5.74, 6) is 0. The fourth-order valence-electron chi connectivity index (χ4n) is 2.09. The van der Waals surface area contributed by atoms with Crippen molar-refractivity contribution in [1.82, 2.24) is 9.80 Å². The lowest BCUT2D eigenvalue weighted by Crippen LogP contribution is -2.43. The van der Waals surface area contributed by atoms with Crippen LogP contribution >= 0.6 is 0 Å². The van der Waals surface area contributed by atoms with E-state index in [4.69, 9.17) is 0 Å². The standard InChI is InChI=1S/C12H20N2/c1-11-3-5-12(6-4-11)14-9-7-13(2)8-10-14/h3,5H,4,6-10H2,1-2H3. The summed E-state index contributed by atoms with van der Waals surface area (Å²) in [4.78, 5) is 4.95. The summed E-state index contributed by atoms with van der Waals surface area (Å²) in [5, 5.41) is 0. The van der Waals surface area contributed by atoms with Gasteiger partial charge in [-0.15, -0.1) is 0 Å². The molecule has 0 spiro atoms. The van der Waals surface area contributed by atoms with Crippen molar-refractivity contribution in [3.05, 3.63) is 23.4 Å². The fourth-order valence-corrected chi connectivity index (χ4v) is 2.09. The second-order valence-electron chi connectivity index (χ2n) is 4.46. The average Bonchev–Trinajstić information content (AvgIpc) is 2.21. The van der Waals surface area contributed by atoms with E-state index in [0.29, 0.717) is 0 Å². The summed E-state index contributed by atoms with van der Waals surface area (Å²) < 4.78 is 0. The lowest BCUT2D eigenvalue weighted by atomic mass is 10.0. The van der Waals surface area contributed by atoms with Gasteiger partial charge in [-0.2, -0.15) is 0 Å². The Labute approximate surface area is 86.9 Å². The predicted octanol–water partition coefficient (Wildman–Crippen LogP) is 1.86. The molecule has 1 aliphatic carbocycles. The van der Waals surface area contributed by atoms with Gasteiger partial charge in [-0.05, 0) is 32.9 Å². The van der Waals surface area contributed by atoms with Crippen LogP contribution in [0.15, 0.2) is 23.4 Å². The number of hydrogen-bond donors (Lipinski definition) is 0. The monoisotopic (exact) mass is 192 g/mol. The fraction of sp³-hybridized carbons (Fsp3) is 0.667. The lowest BCUT2D eigenvalue weighted by molar-refractivity contribution is 0.182. The first-order valence-electron chi connectivity index (χ1n) is 5.55. The summed E-state index contributed by atoms with van der Waals surface area (Å²) in [5.41, 5.74) is 3.06. The van der Waals surface area contributed by atoms with Crippen LogP contribution in [-0.2, 0) is 0 Å². The first kappa shape index (κ1) is 9.78. The maximum absolute atomic E-state index is 2.54. The first-order chi connectivity index (χ1) is 6.75. The van der Waals surface area contributed by atoms with Gasteiger partial charge in [-0.3, -0.25) is 0 Å². The molecule has 1 saturated heterocycles. The van der Waals surface area contributed by atoms with Gasteiger partial charge in [0.25, 0.3) is 0 Å². The van der Waals surface area contributed by atoms with Gasteiger partial charge in [-0.1, -0.05) is 11.6 Å². The van der Waals surface area contributed by atoms with Gasteiger partial charge in [0.2, 0.25) is 0 Å². The third kappa shape index (κ3) is 2.18. The topological polar surface area (TPSA) is 6.48 Å². The molecule has 78 valence electrons. The molecule has 0 atom stereocenters. The van der Waals surface area contributed by atoms with Gasteiger partial charge in [-0.25, -0.2) is 0 Å². The van der Waals surface area contributed by atoms with Crippen molar-refractivity contribution in [2.24, 2.45) is 0 Å². The molecule has 2 heteroatoms. The second-order valence-corrected chi connectivity index (χ2v) is 4.46. The minimum Gasteiger partial charge on any atom is -0.372 e. The Morgan fingerprint density at radius 1 is 1.00 bits per heavy atom. The number of nitrogens with zero attached hydrogens (tertiary/aromatic N) is 2. The average molecular weight is 192 g/mol. The maximum Gasteiger partial charge on any atom is 0.0303 e. The highest BCUT2D eigenvalue weighted by atomic mass is 15.2. The van der Waals surface area contributed by atoms with Gasteiger partial charge in [0.1, 0.15) is 0 Å². The first-order valence-corrected chi connectivity index (χ1v) is 5.55. The molecule has 0 N–H and O–H groups in total. The molecule has 0 saturated carbocycles. The van der Waals surface area contributed by atoms with E-state index < -0.39 is 0 Å². The van der Waals surface area contributed by atoms with Crippen molar-refractivity contribution in [3.8, 4) is 0 Å². The highest BCUT2D eigenvalue weighted by Gasteiger charge is 2.16. The van der Waals surface area contributed by atoms with E-state index in [0.717, 1.165) is 0 Å². The minimum atomic E-state index is 1.20. The maximum atomic E-state index is 2.54. The third-order valence-electron chi connectivity index (χ3n) is 3.25. The Morgan fingerprint density at radius 2 is 1.71 bits per heavy atom. The molecule has 0 bridgehead atoms. The Hall–Kier alpha value is -0.760. The number of piperazine rings is 1. The molecule has 1 heterocycles. The molecule has 0 aromatic rings. The smallest absolute Gasteiger partial charge is 0.0303 e. The molecular weight excluding hydrogens is 172 g/mol. The van der Waals surface area contributed by atoms with Crippen molar-refractivity contribution in [2.75, 3.05) is 33.2 Å². The van der Waals surface area contributed by atoms with Crippen LogP contribution in [0.25, 0.3) is 0 Å². The quantitative estimate of drug-likeness (QED) is 0.625. The summed E-state index contributed by atoms with van der Waals surface area (Å²) >= 11 is 0. The predicted molar refractivity (Wildman–Crippen MR) is 60.1 cm³/mol. The molecule has 0 radical (unpaired) electrons. The van der Waals surface area contributed by atoms with E-state index in [-0.39, 0.29) is 0 Å². The van der Waals surface area contributed by atoms with Crippen molar-refractivity contribution >= 4 is 0 Å². The van der Waals surface area contributed by atoms with E-state index in [9.17, 15) is 0 Å². The van der Waals surface area contributed by atoms with E-state index >= 15 is 0 Å². The van der Waals surface area contributed by atoms with Crippen molar-refractivity contribution in [3.63, 3.8) is 0 Å². The molecule has 1 fully saturated rings. The van der Waals surface area contributed by atoms with Crippen LogP contribution in [0.4, 0.5) is 0 Å². The van der Waals surface area contributed by atoms with Gasteiger partial charge >= 0.3 is 0 Å². The number of likely N-dealkylation sites (N-methyl/N-ethyl adjacent to an activating group) is 1. The van der Waals surface area contributed by atoms with Gasteiger partial charge < -0.3 is 9.80 Å². The van der Waals surface area contributed by atoms with Gasteiger partial charge in [0.15, 0.2) is 0 Å². The lowest BCUT2D eigenvalue weighted by Gasteiger charge is -2.36. The van der Waals surface area contributed by atoms with E-state index in [1.54, 1.807) is 5.70 Å². The molecule has 0 aromatic heterocycles. The van der Waals surface area contributed by atoms with Crippen LogP contribution in [0, 0.1) is 0 Å². The Morgan fingerprint density at radius 3 is 2.29 bits per heavy atom. The number of rotatable bonds is 1. The zero-order chi connectivity index (χ0) is 9.97. The Kier molecular flexibility index (Phi) is 2.92. The van der Waals surface area contributed by atoms with Crippen molar-refractivity contribution in [2.45, 2.75) is 19.8 Å². The SMILES string of the molecule is CC1=CC=C(N2CCN(C)CC2)CC1. The summed E-state index contributed by atoms with van der Waals surface area (Å²) in [6, 6.07) is 0. The Bertz CT molecular complexity index is 257. The van der Waals surface area contributed by atoms with Crippen LogP contribution in [-0.4, -0.2) is 43.0 Å². The highest BCUT2D eigenvalue weighted by Crippen LogP contribution is 2.21. The summed E-state index contributed by atoms with van der Waals surface area (Å²) in [6.45, 7) is 7.04. The molecule has 0 aromatic carbocycles. The number of allylic oxidation sites excluding steroid dienone is 4. The van der Waals surface area contributed by atoms with Crippen LogP contribution < -0.4 is 0 Å². The zero-order valence-corrected chi connectivity index (χ0v) is 9.29. The molecule has 0 unspecified atom stereocenters. The minimum absolute atomic E-state index is 1.20. The summed E-state index contributed by atoms with van der Waals surface area (Å²) in [7, 11) is 2.21. The summed E-state index contributed by atoms with van der Waals surface area (Å²) in [6.07, 6.45) is 7.07. The second kappa shape index (κ2) is 4.18. The highest BCUT2D eigenvalue weighted by molar-refractivity contribution is 5.22. The van der Waals surface area contributed by atoms with Crippen molar-refractivity contribution < 1.29 is 0 Å². The van der Waals surface area contributed by atoms with Gasteiger partial charge in [0.05, 0.1) is 0 Å². The number of hydrogen-bond acceptors (Lipinski definition) is 2. The van der Waals surface area contributed by atoms with E-state index in [1.807, 2.05) is 0 Å².